The van der Waals surface area contributed by atoms with Crippen molar-refractivity contribution in [2.45, 2.75) is 25.3 Å². The lowest BCUT2D eigenvalue weighted by Crippen LogP contribution is -2.46. The average Bonchev–Trinajstić information content (AvgIpc) is 3.00. The molecule has 112 valence electrons. The first-order valence-electron chi connectivity index (χ1n) is 7.02. The van der Waals surface area contributed by atoms with Gasteiger partial charge < -0.3 is 14.5 Å². The molecule has 0 saturated heterocycles. The molecule has 1 N–H and O–H groups in total. The quantitative estimate of drug-likeness (QED) is 0.852. The van der Waals surface area contributed by atoms with Crippen LogP contribution in [0.3, 0.4) is 0 Å². The van der Waals surface area contributed by atoms with Crippen molar-refractivity contribution < 1.29 is 13.9 Å². The van der Waals surface area contributed by atoms with Gasteiger partial charge in [0, 0.05) is 20.0 Å². The largest absolute Gasteiger partial charge is 0.469 e. The first-order valence-corrected chi connectivity index (χ1v) is 7.02. The summed E-state index contributed by atoms with van der Waals surface area (Å²) in [7, 11) is 1.64. The number of amides is 1. The molecule has 0 unspecified atom stereocenters. The summed E-state index contributed by atoms with van der Waals surface area (Å²) in [6.45, 7) is 2.39. The molecule has 1 heterocycles. The van der Waals surface area contributed by atoms with Crippen LogP contribution >= 0.6 is 0 Å². The van der Waals surface area contributed by atoms with Crippen LogP contribution in [-0.4, -0.2) is 19.6 Å². The molecule has 1 aromatic carbocycles. The standard InChI is InChI=1S/C17H21NO3/c1-17(13-20-2,14-7-4-3-5-8-14)18-16(19)11-10-15-9-6-12-21-15/h3-9,12H,10-11,13H2,1-2H3,(H,18,19)/t17-/m0/s1. The van der Waals surface area contributed by atoms with Crippen LogP contribution in [0.4, 0.5) is 0 Å². The summed E-state index contributed by atoms with van der Waals surface area (Å²) in [6, 6.07) is 13.6. The summed E-state index contributed by atoms with van der Waals surface area (Å²) in [5.41, 5.74) is 0.495. The lowest BCUT2D eigenvalue weighted by molar-refractivity contribution is -0.123. The minimum atomic E-state index is -0.531. The van der Waals surface area contributed by atoms with Gasteiger partial charge in [-0.1, -0.05) is 30.3 Å². The number of carbonyl (C=O) groups excluding carboxylic acids is 1. The lowest BCUT2D eigenvalue weighted by atomic mass is 9.92. The molecule has 0 radical (unpaired) electrons. The first-order chi connectivity index (χ1) is 10.1. The second-order valence-electron chi connectivity index (χ2n) is 5.26. The van der Waals surface area contributed by atoms with Crippen molar-refractivity contribution in [3.05, 3.63) is 60.1 Å². The van der Waals surface area contributed by atoms with Gasteiger partial charge in [-0.3, -0.25) is 4.79 Å². The number of furan rings is 1. The zero-order valence-electron chi connectivity index (χ0n) is 12.5. The summed E-state index contributed by atoms with van der Waals surface area (Å²) >= 11 is 0. The van der Waals surface area contributed by atoms with Crippen LogP contribution in [0.2, 0.25) is 0 Å². The van der Waals surface area contributed by atoms with E-state index in [2.05, 4.69) is 5.32 Å². The van der Waals surface area contributed by atoms with Crippen molar-refractivity contribution in [2.75, 3.05) is 13.7 Å². The SMILES string of the molecule is COC[C@](C)(NC(=O)CCc1ccco1)c1ccccc1. The van der Waals surface area contributed by atoms with E-state index in [-0.39, 0.29) is 5.91 Å². The third kappa shape index (κ3) is 4.20. The fourth-order valence-corrected chi connectivity index (χ4v) is 2.35. The Kier molecular flexibility index (Phi) is 5.17. The molecule has 0 aliphatic carbocycles. The molecule has 0 fully saturated rings. The Labute approximate surface area is 125 Å². The molecule has 0 bridgehead atoms. The number of benzene rings is 1. The van der Waals surface area contributed by atoms with Crippen molar-refractivity contribution in [2.24, 2.45) is 0 Å². The van der Waals surface area contributed by atoms with Crippen molar-refractivity contribution in [3.8, 4) is 0 Å². The zero-order valence-corrected chi connectivity index (χ0v) is 12.5. The fraction of sp³-hybridized carbons (Fsp3) is 0.353. The molecule has 4 heteroatoms. The van der Waals surface area contributed by atoms with Gasteiger partial charge in [0.05, 0.1) is 18.4 Å². The minimum absolute atomic E-state index is 0.0187. The highest BCUT2D eigenvalue weighted by molar-refractivity contribution is 5.77. The number of carbonyl (C=O) groups is 1. The van der Waals surface area contributed by atoms with E-state index in [1.165, 1.54) is 0 Å². The van der Waals surface area contributed by atoms with Crippen LogP contribution in [0.1, 0.15) is 24.7 Å². The average molecular weight is 287 g/mol. The van der Waals surface area contributed by atoms with Crippen LogP contribution in [-0.2, 0) is 21.5 Å². The highest BCUT2D eigenvalue weighted by atomic mass is 16.5. The Bertz CT molecular complexity index is 551. The molecule has 4 nitrogen and oxygen atoms in total. The number of nitrogens with one attached hydrogen (secondary N) is 1. The normalized spacial score (nSPS) is 13.6. The van der Waals surface area contributed by atoms with Gasteiger partial charge in [-0.25, -0.2) is 0 Å². The minimum Gasteiger partial charge on any atom is -0.469 e. The number of methoxy groups -OCH3 is 1. The molecule has 21 heavy (non-hydrogen) atoms. The third-order valence-electron chi connectivity index (χ3n) is 3.44. The van der Waals surface area contributed by atoms with Crippen LogP contribution in [0.25, 0.3) is 0 Å². The third-order valence-corrected chi connectivity index (χ3v) is 3.44. The molecular formula is C17H21NO3. The highest BCUT2D eigenvalue weighted by Crippen LogP contribution is 2.21. The molecule has 1 aromatic heterocycles. The van der Waals surface area contributed by atoms with Gasteiger partial charge in [-0.15, -0.1) is 0 Å². The monoisotopic (exact) mass is 287 g/mol. The topological polar surface area (TPSA) is 51.5 Å². The zero-order chi connectivity index (χ0) is 15.1. The summed E-state index contributed by atoms with van der Waals surface area (Å²) in [5, 5.41) is 3.07. The van der Waals surface area contributed by atoms with Crippen molar-refractivity contribution in [1.82, 2.24) is 5.32 Å². The second kappa shape index (κ2) is 7.09. The van der Waals surface area contributed by atoms with E-state index in [0.717, 1.165) is 11.3 Å². The van der Waals surface area contributed by atoms with E-state index in [0.29, 0.717) is 19.4 Å². The Hall–Kier alpha value is -2.07. The number of ether oxygens (including phenoxy) is 1. The van der Waals surface area contributed by atoms with Gasteiger partial charge in [0.25, 0.3) is 0 Å². The molecule has 1 amide bonds. The Morgan fingerprint density at radius 1 is 1.24 bits per heavy atom. The lowest BCUT2D eigenvalue weighted by Gasteiger charge is -2.30. The van der Waals surface area contributed by atoms with Crippen LogP contribution < -0.4 is 5.32 Å². The maximum Gasteiger partial charge on any atom is 0.221 e. The predicted molar refractivity (Wildman–Crippen MR) is 80.8 cm³/mol. The number of rotatable bonds is 7. The van der Waals surface area contributed by atoms with Crippen LogP contribution in [0, 0.1) is 0 Å². The van der Waals surface area contributed by atoms with Crippen LogP contribution in [0.15, 0.2) is 53.1 Å². The number of hydrogen-bond acceptors (Lipinski definition) is 3. The fourth-order valence-electron chi connectivity index (χ4n) is 2.35. The number of hydrogen-bond donors (Lipinski definition) is 1. The molecule has 0 spiro atoms. The van der Waals surface area contributed by atoms with Gasteiger partial charge in [-0.05, 0) is 24.6 Å². The maximum absolute atomic E-state index is 12.2. The van der Waals surface area contributed by atoms with Crippen molar-refractivity contribution >= 4 is 5.91 Å². The van der Waals surface area contributed by atoms with Crippen molar-refractivity contribution in [3.63, 3.8) is 0 Å². The smallest absolute Gasteiger partial charge is 0.221 e. The predicted octanol–water partition coefficient (Wildman–Crippen LogP) is 2.89. The Morgan fingerprint density at radius 2 is 2.00 bits per heavy atom. The summed E-state index contributed by atoms with van der Waals surface area (Å²) in [4.78, 5) is 12.2. The molecule has 0 aliphatic rings. The summed E-state index contributed by atoms with van der Waals surface area (Å²) in [6.07, 6.45) is 2.60. The summed E-state index contributed by atoms with van der Waals surface area (Å²) in [5.74, 6) is 0.799. The molecule has 0 aliphatic heterocycles. The van der Waals surface area contributed by atoms with Gasteiger partial charge in [-0.2, -0.15) is 0 Å². The molecular weight excluding hydrogens is 266 g/mol. The van der Waals surface area contributed by atoms with Gasteiger partial charge >= 0.3 is 0 Å². The van der Waals surface area contributed by atoms with Gasteiger partial charge in [0.1, 0.15) is 5.76 Å². The second-order valence-corrected chi connectivity index (χ2v) is 5.26. The van der Waals surface area contributed by atoms with E-state index in [4.69, 9.17) is 9.15 Å². The molecule has 2 rings (SSSR count). The van der Waals surface area contributed by atoms with Crippen molar-refractivity contribution in [1.29, 1.82) is 0 Å². The Morgan fingerprint density at radius 3 is 2.62 bits per heavy atom. The van der Waals surface area contributed by atoms with E-state index in [9.17, 15) is 4.79 Å². The van der Waals surface area contributed by atoms with E-state index < -0.39 is 5.54 Å². The summed E-state index contributed by atoms with van der Waals surface area (Å²) < 4.78 is 10.5. The van der Waals surface area contributed by atoms with E-state index in [1.807, 2.05) is 49.4 Å². The first kappa shape index (κ1) is 15.3. The molecule has 1 atom stereocenters. The van der Waals surface area contributed by atoms with Crippen LogP contribution in [0.5, 0.6) is 0 Å². The Balaban J connectivity index is 2.00. The molecule has 2 aromatic rings. The maximum atomic E-state index is 12.2. The highest BCUT2D eigenvalue weighted by Gasteiger charge is 2.28. The number of aryl methyl sites for hydroxylation is 1. The van der Waals surface area contributed by atoms with E-state index >= 15 is 0 Å². The van der Waals surface area contributed by atoms with Gasteiger partial charge in [0.2, 0.25) is 5.91 Å². The van der Waals surface area contributed by atoms with E-state index in [1.54, 1.807) is 13.4 Å². The van der Waals surface area contributed by atoms with Gasteiger partial charge in [0.15, 0.2) is 0 Å². The molecule has 0 saturated carbocycles.